The van der Waals surface area contributed by atoms with Crippen LogP contribution in [0, 0.1) is 0 Å². The predicted molar refractivity (Wildman–Crippen MR) is 88.7 cm³/mol. The molecule has 0 fully saturated rings. The summed E-state index contributed by atoms with van der Waals surface area (Å²) in [6.07, 6.45) is 2.97. The van der Waals surface area contributed by atoms with Crippen molar-refractivity contribution in [2.45, 2.75) is 38.0 Å². The van der Waals surface area contributed by atoms with E-state index in [0.717, 1.165) is 35.5 Å². The largest absolute Gasteiger partial charge is 0.383 e. The van der Waals surface area contributed by atoms with Crippen molar-refractivity contribution in [2.75, 3.05) is 5.75 Å². The van der Waals surface area contributed by atoms with E-state index in [1.807, 2.05) is 11.8 Å². The summed E-state index contributed by atoms with van der Waals surface area (Å²) >= 11 is 3.78. The molecule has 3 rings (SSSR count). The van der Waals surface area contributed by atoms with Crippen LogP contribution in [-0.2, 0) is 18.6 Å². The van der Waals surface area contributed by atoms with Gasteiger partial charge in [0.2, 0.25) is 0 Å². The summed E-state index contributed by atoms with van der Waals surface area (Å²) in [5, 5.41) is 10.6. The fourth-order valence-corrected chi connectivity index (χ4v) is 5.02. The maximum Gasteiger partial charge on any atom is 0.113 e. The molecule has 0 bridgehead atoms. The first-order chi connectivity index (χ1) is 9.78. The average molecular weight is 304 g/mol. The van der Waals surface area contributed by atoms with Crippen LogP contribution in [0.3, 0.4) is 0 Å². The number of thiophene rings is 1. The van der Waals surface area contributed by atoms with E-state index in [1.54, 1.807) is 11.3 Å². The fourth-order valence-electron chi connectivity index (χ4n) is 2.62. The highest BCUT2D eigenvalue weighted by Gasteiger charge is 2.18. The second kappa shape index (κ2) is 6.33. The van der Waals surface area contributed by atoms with E-state index < -0.39 is 6.10 Å². The minimum atomic E-state index is -0.466. The van der Waals surface area contributed by atoms with Crippen molar-refractivity contribution in [3.8, 4) is 0 Å². The van der Waals surface area contributed by atoms with Crippen molar-refractivity contribution < 1.29 is 5.11 Å². The molecule has 1 aliphatic heterocycles. The third-order valence-electron chi connectivity index (χ3n) is 3.75. The zero-order valence-electron chi connectivity index (χ0n) is 11.8. The minimum Gasteiger partial charge on any atom is -0.383 e. The SMILES string of the molecule is CCCc1ccc(C(O)c2cc3c(s2)CCSC3)cc1. The Bertz CT molecular complexity index is 548. The number of fused-ring (bicyclic) bond motifs is 1. The Hall–Kier alpha value is -0.770. The van der Waals surface area contributed by atoms with Crippen molar-refractivity contribution in [3.05, 3.63) is 56.8 Å². The number of hydrogen-bond donors (Lipinski definition) is 1. The van der Waals surface area contributed by atoms with Crippen LogP contribution in [-0.4, -0.2) is 10.9 Å². The molecular formula is C17H20OS2. The summed E-state index contributed by atoms with van der Waals surface area (Å²) in [6, 6.07) is 10.6. The van der Waals surface area contributed by atoms with Crippen LogP contribution < -0.4 is 0 Å². The summed E-state index contributed by atoms with van der Waals surface area (Å²) in [4.78, 5) is 2.57. The molecular weight excluding hydrogens is 284 g/mol. The number of hydrogen-bond acceptors (Lipinski definition) is 3. The number of aliphatic hydroxyl groups excluding tert-OH is 1. The number of aryl methyl sites for hydroxylation is 2. The minimum absolute atomic E-state index is 0.466. The van der Waals surface area contributed by atoms with Gasteiger partial charge in [-0.15, -0.1) is 11.3 Å². The zero-order valence-corrected chi connectivity index (χ0v) is 13.4. The summed E-state index contributed by atoms with van der Waals surface area (Å²) < 4.78 is 0. The van der Waals surface area contributed by atoms with E-state index in [2.05, 4.69) is 37.3 Å². The van der Waals surface area contributed by atoms with Crippen LogP contribution >= 0.6 is 23.1 Å². The molecule has 1 aromatic carbocycles. The zero-order chi connectivity index (χ0) is 13.9. The molecule has 1 aromatic heterocycles. The van der Waals surface area contributed by atoms with Crippen molar-refractivity contribution in [1.29, 1.82) is 0 Å². The molecule has 0 saturated heterocycles. The van der Waals surface area contributed by atoms with Gasteiger partial charge in [0, 0.05) is 15.5 Å². The van der Waals surface area contributed by atoms with Gasteiger partial charge >= 0.3 is 0 Å². The van der Waals surface area contributed by atoms with Crippen molar-refractivity contribution in [1.82, 2.24) is 0 Å². The molecule has 20 heavy (non-hydrogen) atoms. The number of benzene rings is 1. The van der Waals surface area contributed by atoms with Gasteiger partial charge in [-0.25, -0.2) is 0 Å². The molecule has 1 nitrogen and oxygen atoms in total. The van der Waals surface area contributed by atoms with Gasteiger partial charge in [0.05, 0.1) is 0 Å². The Balaban J connectivity index is 1.80. The standard InChI is InChI=1S/C17H20OS2/c1-2-3-12-4-6-13(7-5-12)17(18)16-10-14-11-19-9-8-15(14)20-16/h4-7,10,17-18H,2-3,8-9,11H2,1H3. The molecule has 0 saturated carbocycles. The molecule has 1 N–H and O–H groups in total. The van der Waals surface area contributed by atoms with Gasteiger partial charge in [0.1, 0.15) is 6.10 Å². The van der Waals surface area contributed by atoms with Gasteiger partial charge in [-0.2, -0.15) is 11.8 Å². The number of aliphatic hydroxyl groups is 1. The maximum absolute atomic E-state index is 10.6. The molecule has 0 spiro atoms. The third-order valence-corrected chi connectivity index (χ3v) is 6.05. The lowest BCUT2D eigenvalue weighted by atomic mass is 10.0. The topological polar surface area (TPSA) is 20.2 Å². The highest BCUT2D eigenvalue weighted by Crippen LogP contribution is 2.36. The lowest BCUT2D eigenvalue weighted by Crippen LogP contribution is -1.97. The van der Waals surface area contributed by atoms with Gasteiger partial charge in [0.15, 0.2) is 0 Å². The molecule has 2 heterocycles. The molecule has 3 heteroatoms. The Morgan fingerprint density at radius 2 is 2.05 bits per heavy atom. The van der Waals surface area contributed by atoms with Crippen LogP contribution in [0.1, 0.15) is 45.9 Å². The summed E-state index contributed by atoms with van der Waals surface area (Å²) in [6.45, 7) is 2.19. The normalized spacial score (nSPS) is 15.9. The van der Waals surface area contributed by atoms with E-state index in [-0.39, 0.29) is 0 Å². The van der Waals surface area contributed by atoms with Crippen LogP contribution in [0.25, 0.3) is 0 Å². The van der Waals surface area contributed by atoms with E-state index in [1.165, 1.54) is 21.8 Å². The highest BCUT2D eigenvalue weighted by atomic mass is 32.2. The van der Waals surface area contributed by atoms with Crippen molar-refractivity contribution in [2.24, 2.45) is 0 Å². The number of thioether (sulfide) groups is 1. The van der Waals surface area contributed by atoms with E-state index in [9.17, 15) is 5.11 Å². The monoisotopic (exact) mass is 304 g/mol. The number of rotatable bonds is 4. The van der Waals surface area contributed by atoms with E-state index in [0.29, 0.717) is 0 Å². The van der Waals surface area contributed by atoms with E-state index in [4.69, 9.17) is 0 Å². The van der Waals surface area contributed by atoms with Crippen molar-refractivity contribution in [3.63, 3.8) is 0 Å². The highest BCUT2D eigenvalue weighted by molar-refractivity contribution is 7.98. The van der Waals surface area contributed by atoms with Gasteiger partial charge in [0.25, 0.3) is 0 Å². The molecule has 0 aliphatic carbocycles. The first kappa shape index (κ1) is 14.2. The van der Waals surface area contributed by atoms with Crippen molar-refractivity contribution >= 4 is 23.1 Å². The third kappa shape index (κ3) is 2.95. The van der Waals surface area contributed by atoms with Crippen LogP contribution in [0.2, 0.25) is 0 Å². The second-order valence-electron chi connectivity index (χ2n) is 5.29. The van der Waals surface area contributed by atoms with Gasteiger partial charge in [-0.1, -0.05) is 37.6 Å². The molecule has 0 radical (unpaired) electrons. The molecule has 1 atom stereocenters. The Labute approximate surface area is 129 Å². The van der Waals surface area contributed by atoms with Crippen LogP contribution in [0.15, 0.2) is 30.3 Å². The summed E-state index contributed by atoms with van der Waals surface area (Å²) in [5.41, 5.74) is 3.80. The fraction of sp³-hybridized carbons (Fsp3) is 0.412. The van der Waals surface area contributed by atoms with Crippen LogP contribution in [0.5, 0.6) is 0 Å². The second-order valence-corrected chi connectivity index (χ2v) is 7.57. The molecule has 1 aliphatic rings. The summed E-state index contributed by atoms with van der Waals surface area (Å²) in [5.74, 6) is 2.32. The molecule has 2 aromatic rings. The molecule has 0 amide bonds. The van der Waals surface area contributed by atoms with Gasteiger partial charge < -0.3 is 5.11 Å². The Morgan fingerprint density at radius 1 is 1.25 bits per heavy atom. The molecule has 106 valence electrons. The predicted octanol–water partition coefficient (Wildman–Crippen LogP) is 4.57. The first-order valence-electron chi connectivity index (χ1n) is 7.24. The lowest BCUT2D eigenvalue weighted by Gasteiger charge is -2.09. The van der Waals surface area contributed by atoms with Gasteiger partial charge in [-0.05, 0) is 41.4 Å². The Kier molecular flexibility index (Phi) is 4.49. The first-order valence-corrected chi connectivity index (χ1v) is 9.21. The van der Waals surface area contributed by atoms with Crippen LogP contribution in [0.4, 0.5) is 0 Å². The average Bonchev–Trinajstić information content (AvgIpc) is 2.91. The quantitative estimate of drug-likeness (QED) is 0.892. The smallest absolute Gasteiger partial charge is 0.113 e. The maximum atomic E-state index is 10.6. The lowest BCUT2D eigenvalue weighted by molar-refractivity contribution is 0.224. The molecule has 1 unspecified atom stereocenters. The van der Waals surface area contributed by atoms with Gasteiger partial charge in [-0.3, -0.25) is 0 Å². The van der Waals surface area contributed by atoms with E-state index >= 15 is 0 Å². The Morgan fingerprint density at radius 3 is 2.75 bits per heavy atom. The summed E-state index contributed by atoms with van der Waals surface area (Å²) in [7, 11) is 0.